The van der Waals surface area contributed by atoms with Gasteiger partial charge in [0, 0.05) is 62.4 Å². The van der Waals surface area contributed by atoms with E-state index in [2.05, 4.69) is 45.3 Å². The zero-order valence-corrected chi connectivity index (χ0v) is 18.6. The van der Waals surface area contributed by atoms with Crippen molar-refractivity contribution in [1.82, 2.24) is 20.7 Å². The molecule has 1 aliphatic heterocycles. The van der Waals surface area contributed by atoms with Crippen molar-refractivity contribution in [2.75, 3.05) is 20.6 Å². The predicted molar refractivity (Wildman–Crippen MR) is 127 cm³/mol. The smallest absolute Gasteiger partial charge is 0.0734 e. The van der Waals surface area contributed by atoms with Crippen LogP contribution in [0.1, 0.15) is 37.9 Å². The second kappa shape index (κ2) is 11.8. The van der Waals surface area contributed by atoms with Crippen molar-refractivity contribution in [1.29, 1.82) is 5.41 Å². The standard InChI is InChI=1S/C24H34N6/c1-18-8-7-13-30(20(18)3)29-11-6-9-22(19(2)27-5)14-21-10-12-28-24(15-21)23(16-25)17-26-4/h6,9-12,15-18,25-26,29H,3,7-8,13-14H2,1-2,4-5H3/b11-6+,22-9-,23-17+,25-16?,27-19-. The lowest BCUT2D eigenvalue weighted by molar-refractivity contribution is 0.209. The summed E-state index contributed by atoms with van der Waals surface area (Å²) < 4.78 is 0. The highest BCUT2D eigenvalue weighted by Crippen LogP contribution is 2.23. The molecule has 6 nitrogen and oxygen atoms in total. The molecule has 0 amide bonds. The van der Waals surface area contributed by atoms with E-state index in [1.165, 1.54) is 19.1 Å². The maximum atomic E-state index is 7.60. The molecule has 1 unspecified atom stereocenters. The van der Waals surface area contributed by atoms with Gasteiger partial charge >= 0.3 is 0 Å². The van der Waals surface area contributed by atoms with Gasteiger partial charge in [0.2, 0.25) is 0 Å². The van der Waals surface area contributed by atoms with E-state index in [4.69, 9.17) is 5.41 Å². The van der Waals surface area contributed by atoms with Crippen molar-refractivity contribution in [2.45, 2.75) is 33.1 Å². The molecule has 1 saturated heterocycles. The number of hydrogen-bond acceptors (Lipinski definition) is 6. The third-order valence-electron chi connectivity index (χ3n) is 5.33. The summed E-state index contributed by atoms with van der Waals surface area (Å²) in [7, 11) is 3.63. The molecular weight excluding hydrogens is 372 g/mol. The van der Waals surface area contributed by atoms with E-state index in [0.29, 0.717) is 5.92 Å². The van der Waals surface area contributed by atoms with Crippen molar-refractivity contribution in [3.8, 4) is 0 Å². The number of nitrogens with zero attached hydrogens (tertiary/aromatic N) is 3. The Bertz CT molecular complexity index is 862. The van der Waals surface area contributed by atoms with Crippen LogP contribution in [0, 0.1) is 11.3 Å². The summed E-state index contributed by atoms with van der Waals surface area (Å²) in [5.74, 6) is 0.518. The van der Waals surface area contributed by atoms with Gasteiger partial charge in [0.1, 0.15) is 0 Å². The van der Waals surface area contributed by atoms with Crippen LogP contribution in [0.15, 0.2) is 65.7 Å². The lowest BCUT2D eigenvalue weighted by Gasteiger charge is -2.34. The van der Waals surface area contributed by atoms with Crippen molar-refractivity contribution >= 4 is 17.5 Å². The molecule has 0 saturated carbocycles. The minimum absolute atomic E-state index is 0.518. The van der Waals surface area contributed by atoms with Crippen LogP contribution in [0.4, 0.5) is 0 Å². The average molecular weight is 407 g/mol. The number of hydrazine groups is 1. The third-order valence-corrected chi connectivity index (χ3v) is 5.33. The second-order valence-corrected chi connectivity index (χ2v) is 7.43. The van der Waals surface area contributed by atoms with Gasteiger partial charge in [-0.1, -0.05) is 19.6 Å². The molecule has 1 aromatic heterocycles. The number of aliphatic imine (C=N–C) groups is 1. The van der Waals surface area contributed by atoms with Crippen LogP contribution in [0.5, 0.6) is 0 Å². The Morgan fingerprint density at radius 2 is 2.27 bits per heavy atom. The van der Waals surface area contributed by atoms with Gasteiger partial charge in [0.15, 0.2) is 0 Å². The van der Waals surface area contributed by atoms with Crippen molar-refractivity contribution in [3.05, 3.63) is 72.0 Å². The Labute approximate surface area is 180 Å². The van der Waals surface area contributed by atoms with Crippen LogP contribution in [0.3, 0.4) is 0 Å². The van der Waals surface area contributed by atoms with Crippen molar-refractivity contribution < 1.29 is 0 Å². The molecule has 30 heavy (non-hydrogen) atoms. The topological polar surface area (TPSA) is 76.4 Å². The maximum Gasteiger partial charge on any atom is 0.0734 e. The van der Waals surface area contributed by atoms with Crippen LogP contribution < -0.4 is 10.7 Å². The van der Waals surface area contributed by atoms with Crippen LogP contribution in [-0.2, 0) is 6.42 Å². The van der Waals surface area contributed by atoms with E-state index < -0.39 is 0 Å². The molecular formula is C24H34N6. The molecule has 0 aliphatic carbocycles. The third kappa shape index (κ3) is 6.44. The molecule has 3 N–H and O–H groups in total. The molecule has 1 aliphatic rings. The summed E-state index contributed by atoms with van der Waals surface area (Å²) >= 11 is 0. The molecule has 0 bridgehead atoms. The SMILES string of the molecule is C=C1C(C)CCCN1N/C=C/C=C(Cc1ccnc(/C(C=N)=C/NC)c1)\C(C)=N/C. The zero-order valence-electron chi connectivity index (χ0n) is 18.6. The normalized spacial score (nSPS) is 18.7. The largest absolute Gasteiger partial charge is 0.393 e. The molecule has 2 rings (SSSR count). The average Bonchev–Trinajstić information content (AvgIpc) is 2.76. The van der Waals surface area contributed by atoms with E-state index in [-0.39, 0.29) is 0 Å². The van der Waals surface area contributed by atoms with Crippen molar-refractivity contribution in [2.24, 2.45) is 10.9 Å². The maximum absolute atomic E-state index is 7.60. The summed E-state index contributed by atoms with van der Waals surface area (Å²) in [6.07, 6.45) is 14.0. The summed E-state index contributed by atoms with van der Waals surface area (Å²) in [5, 5.41) is 12.7. The van der Waals surface area contributed by atoms with Gasteiger partial charge in [-0.2, -0.15) is 0 Å². The summed E-state index contributed by atoms with van der Waals surface area (Å²) in [6, 6.07) is 4.02. The summed E-state index contributed by atoms with van der Waals surface area (Å²) in [6.45, 7) is 9.42. The number of hydrogen-bond donors (Lipinski definition) is 3. The first kappa shape index (κ1) is 23.1. The fourth-order valence-corrected chi connectivity index (χ4v) is 3.33. The lowest BCUT2D eigenvalue weighted by Crippen LogP contribution is -2.39. The Balaban J connectivity index is 2.14. The number of rotatable bonds is 9. The van der Waals surface area contributed by atoms with Gasteiger partial charge in [-0.05, 0) is 61.4 Å². The molecule has 6 heteroatoms. The minimum atomic E-state index is 0.518. The van der Waals surface area contributed by atoms with Gasteiger partial charge in [-0.15, -0.1) is 0 Å². The van der Waals surface area contributed by atoms with Gasteiger partial charge < -0.3 is 16.2 Å². The summed E-state index contributed by atoms with van der Waals surface area (Å²) in [4.78, 5) is 8.77. The Morgan fingerprint density at radius 3 is 2.97 bits per heavy atom. The first-order valence-corrected chi connectivity index (χ1v) is 10.3. The first-order valence-electron chi connectivity index (χ1n) is 10.3. The fourth-order valence-electron chi connectivity index (χ4n) is 3.33. The van der Waals surface area contributed by atoms with Gasteiger partial charge in [-0.25, -0.2) is 0 Å². The van der Waals surface area contributed by atoms with E-state index in [9.17, 15) is 0 Å². The van der Waals surface area contributed by atoms with E-state index in [1.54, 1.807) is 12.4 Å². The number of pyridine rings is 1. The Hall–Kier alpha value is -3.15. The molecule has 0 aromatic carbocycles. The molecule has 1 aromatic rings. The van der Waals surface area contributed by atoms with Crippen LogP contribution in [0.2, 0.25) is 0 Å². The quantitative estimate of drug-likeness (QED) is 0.426. The second-order valence-electron chi connectivity index (χ2n) is 7.43. The highest BCUT2D eigenvalue weighted by Gasteiger charge is 2.18. The molecule has 0 radical (unpaired) electrons. The van der Waals surface area contributed by atoms with Gasteiger partial charge in [0.25, 0.3) is 0 Å². The van der Waals surface area contributed by atoms with E-state index >= 15 is 0 Å². The van der Waals surface area contributed by atoms with E-state index in [0.717, 1.165) is 46.8 Å². The molecule has 1 fully saturated rings. The first-order chi connectivity index (χ1) is 14.5. The van der Waals surface area contributed by atoms with E-state index in [1.807, 2.05) is 45.4 Å². The van der Waals surface area contributed by atoms with Crippen molar-refractivity contribution in [3.63, 3.8) is 0 Å². The van der Waals surface area contributed by atoms with Gasteiger partial charge in [-0.3, -0.25) is 15.0 Å². The number of aromatic nitrogens is 1. The van der Waals surface area contributed by atoms with Crippen LogP contribution in [0.25, 0.3) is 5.57 Å². The zero-order chi connectivity index (χ0) is 21.9. The Kier molecular flexibility index (Phi) is 9.06. The lowest BCUT2D eigenvalue weighted by atomic mass is 9.98. The summed E-state index contributed by atoms with van der Waals surface area (Å²) in [5.41, 5.74) is 9.25. The number of nitrogens with one attached hydrogen (secondary N) is 3. The Morgan fingerprint density at radius 1 is 1.47 bits per heavy atom. The highest BCUT2D eigenvalue weighted by molar-refractivity contribution is 6.07. The van der Waals surface area contributed by atoms with Crippen LogP contribution >= 0.6 is 0 Å². The minimum Gasteiger partial charge on any atom is -0.393 e. The van der Waals surface area contributed by atoms with Gasteiger partial charge in [0.05, 0.1) is 5.69 Å². The predicted octanol–water partition coefficient (Wildman–Crippen LogP) is 4.11. The molecule has 0 spiro atoms. The molecule has 160 valence electrons. The monoisotopic (exact) mass is 406 g/mol. The number of allylic oxidation sites excluding steroid dienone is 5. The molecule has 2 heterocycles. The fraction of sp³-hybridized carbons (Fsp3) is 0.375. The highest BCUT2D eigenvalue weighted by atomic mass is 15.5. The van der Waals surface area contributed by atoms with Crippen LogP contribution in [-0.4, -0.2) is 42.6 Å². The molecule has 1 atom stereocenters. The number of piperidine rings is 1.